The fraction of sp³-hybridized carbons (Fsp3) is 0.304. The average molecular weight is 447 g/mol. The Labute approximate surface area is 185 Å². The third kappa shape index (κ3) is 5.04. The van der Waals surface area contributed by atoms with E-state index in [1.54, 1.807) is 18.2 Å². The van der Waals surface area contributed by atoms with Gasteiger partial charge in [-0.25, -0.2) is 4.79 Å². The molecule has 0 unspecified atom stereocenters. The monoisotopic (exact) mass is 446 g/mol. The van der Waals surface area contributed by atoms with Gasteiger partial charge in [-0.15, -0.1) is 0 Å². The predicted octanol–water partition coefficient (Wildman–Crippen LogP) is 5.60. The van der Waals surface area contributed by atoms with Gasteiger partial charge in [-0.2, -0.15) is 0 Å². The summed E-state index contributed by atoms with van der Waals surface area (Å²) < 4.78 is 5.40. The zero-order valence-electron chi connectivity index (χ0n) is 17.4. The Morgan fingerprint density at radius 1 is 1.17 bits per heavy atom. The van der Waals surface area contributed by atoms with Crippen LogP contribution in [0.2, 0.25) is 10.0 Å². The van der Waals surface area contributed by atoms with Crippen LogP contribution in [0.4, 0.5) is 5.69 Å². The Morgan fingerprint density at radius 2 is 1.83 bits per heavy atom. The Bertz CT molecular complexity index is 1130. The molecule has 3 rings (SSSR count). The molecule has 0 bridgehead atoms. The summed E-state index contributed by atoms with van der Waals surface area (Å²) >= 11 is 12.2. The number of para-hydroxylation sites is 1. The molecule has 0 radical (unpaired) electrons. The number of likely N-dealkylation sites (N-methyl/N-ethyl adjacent to an activating group) is 1. The Hall–Kier alpha value is -2.34. The van der Waals surface area contributed by atoms with E-state index in [4.69, 9.17) is 27.6 Å². The molecule has 0 aliphatic rings. The molecule has 158 valence electrons. The van der Waals surface area contributed by atoms with Crippen LogP contribution < -0.4 is 10.9 Å². The second-order valence-electron chi connectivity index (χ2n) is 7.77. The van der Waals surface area contributed by atoms with E-state index in [0.29, 0.717) is 33.8 Å². The first-order valence-corrected chi connectivity index (χ1v) is 10.4. The minimum absolute atomic E-state index is 0.103. The lowest BCUT2D eigenvalue weighted by atomic mass is 9.95. The van der Waals surface area contributed by atoms with Gasteiger partial charge in [0.25, 0.3) is 0 Å². The standard InChI is InChI=1S/C23H24Cl2N2O3/c1-13(2)16-10-17-15(9-22(29)30-20(17)8-14(16)3)11-27(4)12-21(28)26-23-18(24)6-5-7-19(23)25/h5-10,13H,11-12H2,1-4H3,(H,26,28). The van der Waals surface area contributed by atoms with Crippen molar-refractivity contribution in [2.75, 3.05) is 18.9 Å². The highest BCUT2D eigenvalue weighted by Crippen LogP contribution is 2.30. The minimum Gasteiger partial charge on any atom is -0.423 e. The van der Waals surface area contributed by atoms with Gasteiger partial charge in [0.2, 0.25) is 5.91 Å². The zero-order valence-corrected chi connectivity index (χ0v) is 18.9. The quantitative estimate of drug-likeness (QED) is 0.500. The summed E-state index contributed by atoms with van der Waals surface area (Å²) in [5, 5.41) is 4.38. The van der Waals surface area contributed by atoms with Crippen molar-refractivity contribution in [1.29, 1.82) is 0 Å². The first-order valence-electron chi connectivity index (χ1n) is 9.65. The number of benzene rings is 2. The van der Waals surface area contributed by atoms with Gasteiger partial charge in [0.15, 0.2) is 0 Å². The van der Waals surface area contributed by atoms with Crippen LogP contribution in [0.25, 0.3) is 11.0 Å². The molecule has 0 aliphatic heterocycles. The fourth-order valence-electron chi connectivity index (χ4n) is 3.53. The molecule has 2 aromatic carbocycles. The molecule has 7 heteroatoms. The molecule has 0 fully saturated rings. The van der Waals surface area contributed by atoms with Crippen LogP contribution in [0.1, 0.15) is 36.5 Å². The first kappa shape index (κ1) is 22.3. The summed E-state index contributed by atoms with van der Waals surface area (Å²) in [6.45, 7) is 6.78. The van der Waals surface area contributed by atoms with Crippen LogP contribution in [-0.2, 0) is 11.3 Å². The lowest BCUT2D eigenvalue weighted by molar-refractivity contribution is -0.117. The number of carbonyl (C=O) groups is 1. The number of nitrogens with zero attached hydrogens (tertiary/aromatic N) is 1. The summed E-state index contributed by atoms with van der Waals surface area (Å²) in [4.78, 5) is 26.4. The van der Waals surface area contributed by atoms with Crippen molar-refractivity contribution in [1.82, 2.24) is 4.90 Å². The van der Waals surface area contributed by atoms with E-state index in [1.807, 2.05) is 24.9 Å². The minimum atomic E-state index is -0.408. The van der Waals surface area contributed by atoms with Gasteiger partial charge < -0.3 is 9.73 Å². The van der Waals surface area contributed by atoms with E-state index < -0.39 is 5.63 Å². The van der Waals surface area contributed by atoms with Gasteiger partial charge in [0.05, 0.1) is 22.3 Å². The number of nitrogens with one attached hydrogen (secondary N) is 1. The maximum atomic E-state index is 12.5. The van der Waals surface area contributed by atoms with Crippen molar-refractivity contribution in [3.05, 3.63) is 73.6 Å². The van der Waals surface area contributed by atoms with Crippen molar-refractivity contribution in [2.45, 2.75) is 33.2 Å². The van der Waals surface area contributed by atoms with E-state index in [9.17, 15) is 9.59 Å². The predicted molar refractivity (Wildman–Crippen MR) is 123 cm³/mol. The van der Waals surface area contributed by atoms with Crippen LogP contribution >= 0.6 is 23.2 Å². The molecular formula is C23H24Cl2N2O3. The normalized spacial score (nSPS) is 11.5. The number of rotatable bonds is 6. The molecule has 0 aliphatic carbocycles. The molecule has 1 aromatic heterocycles. The number of amides is 1. The number of aryl methyl sites for hydroxylation is 1. The molecule has 0 saturated heterocycles. The van der Waals surface area contributed by atoms with Crippen molar-refractivity contribution < 1.29 is 9.21 Å². The third-order valence-corrected chi connectivity index (χ3v) is 5.55. The number of halogens is 2. The SMILES string of the molecule is Cc1cc2oc(=O)cc(CN(C)CC(=O)Nc3c(Cl)cccc3Cl)c2cc1C(C)C. The Morgan fingerprint density at radius 3 is 2.47 bits per heavy atom. The number of anilines is 1. The van der Waals surface area contributed by atoms with E-state index in [1.165, 1.54) is 11.6 Å². The summed E-state index contributed by atoms with van der Waals surface area (Å²) in [5.41, 5.74) is 3.64. The van der Waals surface area contributed by atoms with Crippen molar-refractivity contribution >= 4 is 45.8 Å². The lowest BCUT2D eigenvalue weighted by Gasteiger charge is -2.19. The van der Waals surface area contributed by atoms with Crippen LogP contribution in [0.5, 0.6) is 0 Å². The second kappa shape index (κ2) is 9.21. The number of fused-ring (bicyclic) bond motifs is 1. The third-order valence-electron chi connectivity index (χ3n) is 4.92. The maximum Gasteiger partial charge on any atom is 0.336 e. The van der Waals surface area contributed by atoms with Crippen LogP contribution in [0.15, 0.2) is 45.6 Å². The molecule has 0 saturated carbocycles. The van der Waals surface area contributed by atoms with Crippen molar-refractivity contribution in [2.24, 2.45) is 0 Å². The van der Waals surface area contributed by atoms with Gasteiger partial charge in [0.1, 0.15) is 5.58 Å². The number of hydrogen-bond donors (Lipinski definition) is 1. The highest BCUT2D eigenvalue weighted by molar-refractivity contribution is 6.39. The molecule has 0 spiro atoms. The van der Waals surface area contributed by atoms with Crippen LogP contribution in [-0.4, -0.2) is 24.4 Å². The Kier molecular flexibility index (Phi) is 6.86. The largest absolute Gasteiger partial charge is 0.423 e. The molecule has 30 heavy (non-hydrogen) atoms. The molecule has 3 aromatic rings. The van der Waals surface area contributed by atoms with E-state index in [2.05, 4.69) is 25.2 Å². The summed E-state index contributed by atoms with van der Waals surface area (Å²) in [6, 6.07) is 10.5. The average Bonchev–Trinajstić information content (AvgIpc) is 2.63. The number of hydrogen-bond acceptors (Lipinski definition) is 4. The smallest absolute Gasteiger partial charge is 0.336 e. The number of carbonyl (C=O) groups excluding carboxylic acids is 1. The van der Waals surface area contributed by atoms with E-state index >= 15 is 0 Å². The van der Waals surface area contributed by atoms with E-state index in [-0.39, 0.29) is 12.5 Å². The molecule has 1 amide bonds. The molecule has 1 N–H and O–H groups in total. The summed E-state index contributed by atoms with van der Waals surface area (Å²) in [6.07, 6.45) is 0. The molecule has 1 heterocycles. The summed E-state index contributed by atoms with van der Waals surface area (Å²) in [5.74, 6) is 0.0940. The van der Waals surface area contributed by atoms with Crippen LogP contribution in [0, 0.1) is 6.92 Å². The van der Waals surface area contributed by atoms with Gasteiger partial charge in [-0.3, -0.25) is 9.69 Å². The molecular weight excluding hydrogens is 423 g/mol. The van der Waals surface area contributed by atoms with E-state index in [0.717, 1.165) is 16.5 Å². The topological polar surface area (TPSA) is 62.6 Å². The van der Waals surface area contributed by atoms with Gasteiger partial charge in [0, 0.05) is 18.0 Å². The summed E-state index contributed by atoms with van der Waals surface area (Å²) in [7, 11) is 1.81. The van der Waals surface area contributed by atoms with Crippen LogP contribution in [0.3, 0.4) is 0 Å². The highest BCUT2D eigenvalue weighted by atomic mass is 35.5. The van der Waals surface area contributed by atoms with Crippen molar-refractivity contribution in [3.8, 4) is 0 Å². The van der Waals surface area contributed by atoms with Gasteiger partial charge in [-0.05, 0) is 60.8 Å². The van der Waals surface area contributed by atoms with Gasteiger partial charge in [-0.1, -0.05) is 43.1 Å². The molecule has 5 nitrogen and oxygen atoms in total. The Balaban J connectivity index is 1.82. The second-order valence-corrected chi connectivity index (χ2v) is 8.58. The molecule has 0 atom stereocenters. The lowest BCUT2D eigenvalue weighted by Crippen LogP contribution is -2.30. The first-order chi connectivity index (χ1) is 14.2. The highest BCUT2D eigenvalue weighted by Gasteiger charge is 2.15. The van der Waals surface area contributed by atoms with Crippen molar-refractivity contribution in [3.63, 3.8) is 0 Å². The maximum absolute atomic E-state index is 12.5. The fourth-order valence-corrected chi connectivity index (χ4v) is 4.02. The zero-order chi connectivity index (χ0) is 22.0. The van der Waals surface area contributed by atoms with Gasteiger partial charge >= 0.3 is 5.63 Å².